The quantitative estimate of drug-likeness (QED) is 0.405. The monoisotopic (exact) mass is 422 g/mol. The highest BCUT2D eigenvalue weighted by Crippen LogP contribution is 2.28. The van der Waals surface area contributed by atoms with Gasteiger partial charge in [-0.3, -0.25) is 4.79 Å². The first-order valence-electron chi connectivity index (χ1n) is 9.70. The van der Waals surface area contributed by atoms with Gasteiger partial charge in [0.1, 0.15) is 18.2 Å². The van der Waals surface area contributed by atoms with Crippen molar-refractivity contribution in [1.29, 1.82) is 0 Å². The van der Waals surface area contributed by atoms with Crippen molar-refractivity contribution in [3.05, 3.63) is 89.2 Å². The van der Waals surface area contributed by atoms with E-state index in [0.29, 0.717) is 29.4 Å². The van der Waals surface area contributed by atoms with Crippen molar-refractivity contribution < 1.29 is 23.4 Å². The van der Waals surface area contributed by atoms with E-state index in [0.717, 1.165) is 11.1 Å². The van der Waals surface area contributed by atoms with Gasteiger partial charge in [0, 0.05) is 5.56 Å². The molecule has 7 heteroatoms. The number of amides is 1. The van der Waals surface area contributed by atoms with Crippen molar-refractivity contribution in [2.24, 2.45) is 5.10 Å². The fraction of sp³-hybridized carbons (Fsp3) is 0.167. The molecule has 0 saturated carbocycles. The van der Waals surface area contributed by atoms with Gasteiger partial charge in [-0.15, -0.1) is 0 Å². The molecule has 0 saturated heterocycles. The Morgan fingerprint density at radius 3 is 2.55 bits per heavy atom. The summed E-state index contributed by atoms with van der Waals surface area (Å²) in [6, 6.07) is 18.3. The van der Waals surface area contributed by atoms with Gasteiger partial charge in [-0.1, -0.05) is 12.1 Å². The maximum atomic E-state index is 13.2. The molecule has 0 aliphatic rings. The van der Waals surface area contributed by atoms with Crippen LogP contribution in [0.15, 0.2) is 71.8 Å². The van der Waals surface area contributed by atoms with Crippen LogP contribution in [0.1, 0.15) is 28.4 Å². The van der Waals surface area contributed by atoms with Crippen LogP contribution in [0, 0.1) is 5.82 Å². The lowest BCUT2D eigenvalue weighted by atomic mass is 10.2. The maximum Gasteiger partial charge on any atom is 0.271 e. The summed E-state index contributed by atoms with van der Waals surface area (Å²) in [5.41, 5.74) is 4.42. The van der Waals surface area contributed by atoms with E-state index in [1.54, 1.807) is 61.7 Å². The van der Waals surface area contributed by atoms with Gasteiger partial charge in [0.05, 0.1) is 19.9 Å². The second kappa shape index (κ2) is 10.8. The molecule has 0 heterocycles. The third kappa shape index (κ3) is 6.30. The van der Waals surface area contributed by atoms with Gasteiger partial charge in [0.15, 0.2) is 11.5 Å². The lowest BCUT2D eigenvalue weighted by molar-refractivity contribution is 0.0954. The van der Waals surface area contributed by atoms with E-state index in [2.05, 4.69) is 10.5 Å². The molecule has 0 aromatic heterocycles. The van der Waals surface area contributed by atoms with E-state index >= 15 is 0 Å². The van der Waals surface area contributed by atoms with Crippen LogP contribution in [0.2, 0.25) is 0 Å². The molecule has 160 valence electrons. The van der Waals surface area contributed by atoms with Crippen molar-refractivity contribution in [3.63, 3.8) is 0 Å². The zero-order chi connectivity index (χ0) is 22.1. The first-order chi connectivity index (χ1) is 15.1. The van der Waals surface area contributed by atoms with E-state index in [-0.39, 0.29) is 18.3 Å². The van der Waals surface area contributed by atoms with Crippen LogP contribution >= 0.6 is 0 Å². The first kappa shape index (κ1) is 21.8. The predicted molar refractivity (Wildman–Crippen MR) is 116 cm³/mol. The lowest BCUT2D eigenvalue weighted by Crippen LogP contribution is -2.17. The van der Waals surface area contributed by atoms with Gasteiger partial charge in [0.25, 0.3) is 5.91 Å². The number of nitrogens with zero attached hydrogens (tertiary/aromatic N) is 1. The van der Waals surface area contributed by atoms with Crippen LogP contribution in [-0.4, -0.2) is 25.8 Å². The fourth-order valence-corrected chi connectivity index (χ4v) is 2.76. The van der Waals surface area contributed by atoms with Crippen molar-refractivity contribution in [3.8, 4) is 17.2 Å². The molecule has 0 bridgehead atoms. The van der Waals surface area contributed by atoms with Gasteiger partial charge in [-0.2, -0.15) is 5.10 Å². The molecule has 6 nitrogen and oxygen atoms in total. The van der Waals surface area contributed by atoms with Crippen molar-refractivity contribution in [1.82, 2.24) is 5.43 Å². The highest BCUT2D eigenvalue weighted by molar-refractivity contribution is 5.95. The number of hydrogen-bond acceptors (Lipinski definition) is 5. The van der Waals surface area contributed by atoms with Gasteiger partial charge in [-0.25, -0.2) is 9.82 Å². The van der Waals surface area contributed by atoms with Crippen LogP contribution in [0.5, 0.6) is 17.2 Å². The number of rotatable bonds is 9. The summed E-state index contributed by atoms with van der Waals surface area (Å²) in [4.78, 5) is 12.3. The minimum absolute atomic E-state index is 0.271. The third-order valence-corrected chi connectivity index (χ3v) is 4.28. The number of carbonyl (C=O) groups is 1. The Balaban J connectivity index is 1.54. The standard InChI is InChI=1S/C24H23FN2O4/c1-3-30-23-14-19(9-12-22(23)29-2)24(28)27-26-15-17-7-10-21(11-8-17)31-16-18-5-4-6-20(25)13-18/h4-15H,3,16H2,1-2H3,(H,27,28)/b26-15+. The Morgan fingerprint density at radius 2 is 1.84 bits per heavy atom. The SMILES string of the molecule is CCOc1cc(C(=O)N/N=C/c2ccc(OCc3cccc(F)c3)cc2)ccc1OC. The van der Waals surface area contributed by atoms with E-state index in [9.17, 15) is 9.18 Å². The minimum Gasteiger partial charge on any atom is -0.493 e. The summed E-state index contributed by atoms with van der Waals surface area (Å²) in [5.74, 6) is 1.04. The fourth-order valence-electron chi connectivity index (χ4n) is 2.76. The molecule has 3 rings (SSSR count). The molecule has 0 unspecified atom stereocenters. The highest BCUT2D eigenvalue weighted by atomic mass is 19.1. The van der Waals surface area contributed by atoms with E-state index in [1.807, 2.05) is 6.92 Å². The summed E-state index contributed by atoms with van der Waals surface area (Å²) in [6.45, 7) is 2.59. The number of benzene rings is 3. The Kier molecular flexibility index (Phi) is 7.59. The first-order valence-corrected chi connectivity index (χ1v) is 9.70. The molecule has 0 aliphatic heterocycles. The zero-order valence-electron chi connectivity index (χ0n) is 17.3. The summed E-state index contributed by atoms with van der Waals surface area (Å²) in [7, 11) is 1.54. The third-order valence-electron chi connectivity index (χ3n) is 4.28. The smallest absolute Gasteiger partial charge is 0.271 e. The molecule has 3 aromatic carbocycles. The largest absolute Gasteiger partial charge is 0.493 e. The van der Waals surface area contributed by atoms with Gasteiger partial charge < -0.3 is 14.2 Å². The molecule has 1 N–H and O–H groups in total. The van der Waals surface area contributed by atoms with Crippen LogP contribution in [0.4, 0.5) is 4.39 Å². The summed E-state index contributed by atoms with van der Waals surface area (Å²) < 4.78 is 29.6. The van der Waals surface area contributed by atoms with Crippen molar-refractivity contribution >= 4 is 12.1 Å². The maximum absolute atomic E-state index is 13.2. The van der Waals surface area contributed by atoms with Gasteiger partial charge in [-0.05, 0) is 72.6 Å². The second-order valence-corrected chi connectivity index (χ2v) is 6.49. The molecule has 0 atom stereocenters. The molecule has 31 heavy (non-hydrogen) atoms. The van der Waals surface area contributed by atoms with Crippen LogP contribution in [0.3, 0.4) is 0 Å². The number of carbonyl (C=O) groups excluding carboxylic acids is 1. The van der Waals surface area contributed by atoms with E-state index in [4.69, 9.17) is 14.2 Å². The topological polar surface area (TPSA) is 69.2 Å². The molecular weight excluding hydrogens is 399 g/mol. The molecule has 0 fully saturated rings. The summed E-state index contributed by atoms with van der Waals surface area (Å²) >= 11 is 0. The number of halogens is 1. The van der Waals surface area contributed by atoms with Crippen molar-refractivity contribution in [2.45, 2.75) is 13.5 Å². The zero-order valence-corrected chi connectivity index (χ0v) is 17.3. The molecule has 0 spiro atoms. The lowest BCUT2D eigenvalue weighted by Gasteiger charge is -2.10. The number of ether oxygens (including phenoxy) is 3. The average molecular weight is 422 g/mol. The molecule has 1 amide bonds. The number of hydrogen-bond donors (Lipinski definition) is 1. The van der Waals surface area contributed by atoms with Crippen LogP contribution < -0.4 is 19.6 Å². The predicted octanol–water partition coefficient (Wildman–Crippen LogP) is 4.58. The van der Waals surface area contributed by atoms with Gasteiger partial charge >= 0.3 is 0 Å². The van der Waals surface area contributed by atoms with Gasteiger partial charge in [0.2, 0.25) is 0 Å². The van der Waals surface area contributed by atoms with Crippen LogP contribution in [0.25, 0.3) is 0 Å². The number of nitrogens with one attached hydrogen (secondary N) is 1. The Morgan fingerprint density at radius 1 is 1.03 bits per heavy atom. The minimum atomic E-state index is -0.366. The Labute approximate surface area is 180 Å². The summed E-state index contributed by atoms with van der Waals surface area (Å²) in [6.07, 6.45) is 1.53. The number of hydrazone groups is 1. The van der Waals surface area contributed by atoms with E-state index in [1.165, 1.54) is 18.3 Å². The van der Waals surface area contributed by atoms with Crippen LogP contribution in [-0.2, 0) is 6.61 Å². The number of methoxy groups -OCH3 is 1. The average Bonchev–Trinajstić information content (AvgIpc) is 2.79. The highest BCUT2D eigenvalue weighted by Gasteiger charge is 2.10. The summed E-state index contributed by atoms with van der Waals surface area (Å²) in [5, 5.41) is 3.99. The Hall–Kier alpha value is -3.87. The molecule has 0 aliphatic carbocycles. The molecular formula is C24H23FN2O4. The molecule has 0 radical (unpaired) electrons. The normalized spacial score (nSPS) is 10.7. The second-order valence-electron chi connectivity index (χ2n) is 6.49. The molecule has 3 aromatic rings. The van der Waals surface area contributed by atoms with E-state index < -0.39 is 0 Å². The Bertz CT molecular complexity index is 1050. The van der Waals surface area contributed by atoms with Crippen molar-refractivity contribution in [2.75, 3.05) is 13.7 Å².